The lowest BCUT2D eigenvalue weighted by Crippen LogP contribution is -2.16. The molecule has 2 N–H and O–H groups in total. The molecule has 2 aromatic rings. The van der Waals surface area contributed by atoms with Crippen LogP contribution in [0, 0.1) is 0 Å². The first-order chi connectivity index (χ1) is 9.92. The number of hydrogen-bond donors (Lipinski definition) is 2. The van der Waals surface area contributed by atoms with Crippen LogP contribution in [0.2, 0.25) is 0 Å². The number of anilines is 2. The van der Waals surface area contributed by atoms with Gasteiger partial charge in [0.1, 0.15) is 5.76 Å². The standard InChI is InChI=1S/C15H20N2O3S/c1-12(5-10-15-4-3-11-20-15)16-13-6-8-14(9-7-13)17-21(2,18)19/h3-4,6-9,11-12,16-17H,5,10H2,1-2H3. The maximum absolute atomic E-state index is 11.1. The van der Waals surface area contributed by atoms with Crippen LogP contribution < -0.4 is 10.0 Å². The molecule has 1 unspecified atom stereocenters. The van der Waals surface area contributed by atoms with Gasteiger partial charge in [0, 0.05) is 23.8 Å². The molecule has 0 spiro atoms. The van der Waals surface area contributed by atoms with Gasteiger partial charge < -0.3 is 9.73 Å². The maximum atomic E-state index is 11.1. The Morgan fingerprint density at radius 1 is 1.14 bits per heavy atom. The third-order valence-corrected chi connectivity index (χ3v) is 3.61. The van der Waals surface area contributed by atoms with E-state index < -0.39 is 10.0 Å². The second kappa shape index (κ2) is 6.67. The molecule has 0 aliphatic carbocycles. The Morgan fingerprint density at radius 2 is 1.81 bits per heavy atom. The third-order valence-electron chi connectivity index (χ3n) is 3.01. The van der Waals surface area contributed by atoms with Gasteiger partial charge in [-0.05, 0) is 49.7 Å². The van der Waals surface area contributed by atoms with Gasteiger partial charge in [-0.2, -0.15) is 0 Å². The molecule has 1 aromatic carbocycles. The monoisotopic (exact) mass is 308 g/mol. The number of aryl methyl sites for hydroxylation is 1. The summed E-state index contributed by atoms with van der Waals surface area (Å²) in [5.74, 6) is 0.983. The van der Waals surface area contributed by atoms with E-state index in [-0.39, 0.29) is 0 Å². The van der Waals surface area contributed by atoms with E-state index in [9.17, 15) is 8.42 Å². The van der Waals surface area contributed by atoms with Crippen molar-refractivity contribution in [2.75, 3.05) is 16.3 Å². The van der Waals surface area contributed by atoms with Gasteiger partial charge in [-0.1, -0.05) is 0 Å². The average molecular weight is 308 g/mol. The number of hydrogen-bond acceptors (Lipinski definition) is 4. The van der Waals surface area contributed by atoms with Crippen molar-refractivity contribution in [3.63, 3.8) is 0 Å². The third kappa shape index (κ3) is 5.51. The molecule has 2 rings (SSSR count). The van der Waals surface area contributed by atoms with Crippen molar-refractivity contribution in [1.82, 2.24) is 0 Å². The molecule has 0 fully saturated rings. The zero-order valence-corrected chi connectivity index (χ0v) is 13.0. The lowest BCUT2D eigenvalue weighted by Gasteiger charge is -2.15. The summed E-state index contributed by atoms with van der Waals surface area (Å²) in [4.78, 5) is 0. The fraction of sp³-hybridized carbons (Fsp3) is 0.333. The molecule has 21 heavy (non-hydrogen) atoms. The summed E-state index contributed by atoms with van der Waals surface area (Å²) in [6, 6.07) is 11.3. The predicted molar refractivity (Wildman–Crippen MR) is 85.0 cm³/mol. The number of furan rings is 1. The first-order valence-electron chi connectivity index (χ1n) is 6.79. The van der Waals surface area contributed by atoms with Gasteiger partial charge in [-0.15, -0.1) is 0 Å². The van der Waals surface area contributed by atoms with Crippen LogP contribution in [0.1, 0.15) is 19.1 Å². The largest absolute Gasteiger partial charge is 0.469 e. The molecule has 1 heterocycles. The molecule has 6 heteroatoms. The molecule has 1 atom stereocenters. The molecule has 0 radical (unpaired) electrons. The first-order valence-corrected chi connectivity index (χ1v) is 8.68. The van der Waals surface area contributed by atoms with Crippen molar-refractivity contribution in [2.45, 2.75) is 25.8 Å². The summed E-state index contributed by atoms with van der Waals surface area (Å²) in [6.45, 7) is 2.10. The van der Waals surface area contributed by atoms with E-state index in [0.717, 1.165) is 30.5 Å². The van der Waals surface area contributed by atoms with E-state index >= 15 is 0 Å². The molecular weight excluding hydrogens is 288 g/mol. The van der Waals surface area contributed by atoms with Gasteiger partial charge in [-0.25, -0.2) is 8.42 Å². The minimum atomic E-state index is -3.23. The van der Waals surface area contributed by atoms with Crippen LogP contribution >= 0.6 is 0 Å². The zero-order chi connectivity index (χ0) is 15.3. The number of nitrogens with one attached hydrogen (secondary N) is 2. The second-order valence-corrected chi connectivity index (χ2v) is 6.86. The molecular formula is C15H20N2O3S. The lowest BCUT2D eigenvalue weighted by molar-refractivity contribution is 0.495. The minimum absolute atomic E-state index is 0.295. The molecule has 1 aromatic heterocycles. The van der Waals surface area contributed by atoms with Gasteiger partial charge in [0.25, 0.3) is 0 Å². The Balaban J connectivity index is 1.84. The van der Waals surface area contributed by atoms with Crippen molar-refractivity contribution < 1.29 is 12.8 Å². The van der Waals surface area contributed by atoms with Crippen LogP contribution in [-0.4, -0.2) is 20.7 Å². The minimum Gasteiger partial charge on any atom is -0.469 e. The molecule has 0 aliphatic heterocycles. The van der Waals surface area contributed by atoms with Gasteiger partial charge in [-0.3, -0.25) is 4.72 Å². The van der Waals surface area contributed by atoms with Crippen LogP contribution in [-0.2, 0) is 16.4 Å². The van der Waals surface area contributed by atoms with Crippen LogP contribution in [0.25, 0.3) is 0 Å². The van der Waals surface area contributed by atoms with Crippen LogP contribution in [0.4, 0.5) is 11.4 Å². The smallest absolute Gasteiger partial charge is 0.229 e. The predicted octanol–water partition coefficient (Wildman–Crippen LogP) is 3.08. The Kier molecular flexibility index (Phi) is 4.90. The molecule has 0 saturated heterocycles. The Labute approximate surface area is 125 Å². The molecule has 114 valence electrons. The second-order valence-electron chi connectivity index (χ2n) is 5.12. The lowest BCUT2D eigenvalue weighted by atomic mass is 10.1. The number of sulfonamides is 1. The van der Waals surface area contributed by atoms with Crippen molar-refractivity contribution in [1.29, 1.82) is 0 Å². The van der Waals surface area contributed by atoms with Crippen LogP contribution in [0.5, 0.6) is 0 Å². The van der Waals surface area contributed by atoms with Gasteiger partial charge in [0.15, 0.2) is 0 Å². The highest BCUT2D eigenvalue weighted by Crippen LogP contribution is 2.16. The van der Waals surface area contributed by atoms with E-state index in [2.05, 4.69) is 17.0 Å². The highest BCUT2D eigenvalue weighted by Gasteiger charge is 2.05. The average Bonchev–Trinajstić information content (AvgIpc) is 2.90. The van der Waals surface area contributed by atoms with Gasteiger partial charge in [0.2, 0.25) is 10.0 Å². The first kappa shape index (κ1) is 15.4. The van der Waals surface area contributed by atoms with E-state index in [1.807, 2.05) is 24.3 Å². The van der Waals surface area contributed by atoms with Crippen LogP contribution in [0.15, 0.2) is 47.1 Å². The van der Waals surface area contributed by atoms with E-state index in [1.165, 1.54) is 0 Å². The van der Waals surface area contributed by atoms with E-state index in [1.54, 1.807) is 18.4 Å². The van der Waals surface area contributed by atoms with E-state index in [4.69, 9.17) is 4.42 Å². The summed E-state index contributed by atoms with van der Waals surface area (Å²) in [7, 11) is -3.23. The Hall–Kier alpha value is -1.95. The fourth-order valence-electron chi connectivity index (χ4n) is 2.02. The van der Waals surface area contributed by atoms with Gasteiger partial charge >= 0.3 is 0 Å². The van der Waals surface area contributed by atoms with Gasteiger partial charge in [0.05, 0.1) is 12.5 Å². The highest BCUT2D eigenvalue weighted by molar-refractivity contribution is 7.92. The summed E-state index contributed by atoms with van der Waals surface area (Å²) in [6.07, 6.45) is 4.66. The molecule has 0 amide bonds. The summed E-state index contributed by atoms with van der Waals surface area (Å²) >= 11 is 0. The van der Waals surface area contributed by atoms with Crippen LogP contribution in [0.3, 0.4) is 0 Å². The van der Waals surface area contributed by atoms with Crippen molar-refractivity contribution in [3.8, 4) is 0 Å². The summed E-state index contributed by atoms with van der Waals surface area (Å²) in [5, 5.41) is 3.38. The highest BCUT2D eigenvalue weighted by atomic mass is 32.2. The normalized spacial score (nSPS) is 12.9. The molecule has 5 nitrogen and oxygen atoms in total. The Bertz CT molecular complexity index is 649. The van der Waals surface area contributed by atoms with Crippen molar-refractivity contribution in [2.24, 2.45) is 0 Å². The molecule has 0 bridgehead atoms. The summed E-state index contributed by atoms with van der Waals surface area (Å²) < 4.78 is 30.0. The maximum Gasteiger partial charge on any atom is 0.229 e. The zero-order valence-electron chi connectivity index (χ0n) is 12.2. The number of benzene rings is 1. The quantitative estimate of drug-likeness (QED) is 0.824. The fourth-order valence-corrected chi connectivity index (χ4v) is 2.58. The number of rotatable bonds is 7. The molecule has 0 saturated carbocycles. The SMILES string of the molecule is CC(CCc1ccco1)Nc1ccc(NS(C)(=O)=O)cc1. The molecule has 0 aliphatic rings. The topological polar surface area (TPSA) is 71.3 Å². The van der Waals surface area contributed by atoms with Crippen molar-refractivity contribution >= 4 is 21.4 Å². The van der Waals surface area contributed by atoms with E-state index in [0.29, 0.717) is 11.7 Å². The summed E-state index contributed by atoms with van der Waals surface area (Å²) in [5.41, 5.74) is 1.52. The Morgan fingerprint density at radius 3 is 2.38 bits per heavy atom. The van der Waals surface area contributed by atoms with Crippen molar-refractivity contribution in [3.05, 3.63) is 48.4 Å².